The van der Waals surface area contributed by atoms with E-state index in [0.717, 1.165) is 15.5 Å². The molecular formula is C14H20Br2N2. The summed E-state index contributed by atoms with van der Waals surface area (Å²) < 4.78 is 2.23. The molecule has 2 unspecified atom stereocenters. The van der Waals surface area contributed by atoms with Crippen molar-refractivity contribution in [1.82, 2.24) is 10.2 Å². The maximum atomic E-state index is 3.67. The fourth-order valence-electron chi connectivity index (χ4n) is 2.39. The molecule has 2 rings (SSSR count). The van der Waals surface area contributed by atoms with Gasteiger partial charge in [0.2, 0.25) is 0 Å². The fraction of sp³-hybridized carbons (Fsp3) is 0.571. The van der Waals surface area contributed by atoms with E-state index in [0.29, 0.717) is 12.1 Å². The SMILES string of the molecule is CC1CC(NCc2ccc(Br)c(Br)c2)CCN1C. The molecule has 0 bridgehead atoms. The summed E-state index contributed by atoms with van der Waals surface area (Å²) in [6.07, 6.45) is 2.49. The van der Waals surface area contributed by atoms with E-state index >= 15 is 0 Å². The molecule has 100 valence electrons. The van der Waals surface area contributed by atoms with Gasteiger partial charge in [0.05, 0.1) is 0 Å². The van der Waals surface area contributed by atoms with Crippen LogP contribution in [0, 0.1) is 0 Å². The Bertz CT molecular complexity index is 409. The molecule has 1 saturated heterocycles. The van der Waals surface area contributed by atoms with Crippen LogP contribution in [0.5, 0.6) is 0 Å². The molecule has 1 fully saturated rings. The summed E-state index contributed by atoms with van der Waals surface area (Å²) in [5.41, 5.74) is 1.33. The highest BCUT2D eigenvalue weighted by atomic mass is 79.9. The van der Waals surface area contributed by atoms with Crippen molar-refractivity contribution in [3.63, 3.8) is 0 Å². The molecule has 0 radical (unpaired) electrons. The van der Waals surface area contributed by atoms with Gasteiger partial charge in [0.1, 0.15) is 0 Å². The predicted octanol–water partition coefficient (Wildman–Crippen LogP) is 3.78. The number of piperidine rings is 1. The number of likely N-dealkylation sites (tertiary alicyclic amines) is 1. The molecule has 1 aliphatic rings. The minimum atomic E-state index is 0.652. The lowest BCUT2D eigenvalue weighted by Crippen LogP contribution is -2.45. The van der Waals surface area contributed by atoms with E-state index in [1.807, 2.05) is 0 Å². The first kappa shape index (κ1) is 14.5. The third-order valence-electron chi connectivity index (χ3n) is 3.79. The van der Waals surface area contributed by atoms with Crippen LogP contribution in [0.1, 0.15) is 25.3 Å². The highest BCUT2D eigenvalue weighted by Gasteiger charge is 2.21. The molecule has 1 aliphatic heterocycles. The van der Waals surface area contributed by atoms with E-state index < -0.39 is 0 Å². The van der Waals surface area contributed by atoms with Crippen molar-refractivity contribution in [3.8, 4) is 0 Å². The molecule has 0 aliphatic carbocycles. The Morgan fingerprint density at radius 2 is 2.11 bits per heavy atom. The molecule has 0 amide bonds. The fourth-order valence-corrected chi connectivity index (χ4v) is 3.06. The van der Waals surface area contributed by atoms with Gasteiger partial charge in [0.15, 0.2) is 0 Å². The Balaban J connectivity index is 1.86. The number of hydrogen-bond donors (Lipinski definition) is 1. The maximum Gasteiger partial charge on any atom is 0.0320 e. The molecule has 0 aromatic heterocycles. The highest BCUT2D eigenvalue weighted by Crippen LogP contribution is 2.24. The van der Waals surface area contributed by atoms with E-state index in [4.69, 9.17) is 0 Å². The van der Waals surface area contributed by atoms with E-state index in [-0.39, 0.29) is 0 Å². The lowest BCUT2D eigenvalue weighted by Gasteiger charge is -2.35. The minimum absolute atomic E-state index is 0.652. The Labute approximate surface area is 126 Å². The second-order valence-corrected chi connectivity index (χ2v) is 6.89. The summed E-state index contributed by atoms with van der Waals surface area (Å²) in [6, 6.07) is 7.78. The van der Waals surface area contributed by atoms with Gasteiger partial charge in [-0.3, -0.25) is 0 Å². The predicted molar refractivity (Wildman–Crippen MR) is 83.8 cm³/mol. The van der Waals surface area contributed by atoms with Gasteiger partial charge >= 0.3 is 0 Å². The monoisotopic (exact) mass is 374 g/mol. The maximum absolute atomic E-state index is 3.67. The van der Waals surface area contributed by atoms with Crippen LogP contribution in [0.25, 0.3) is 0 Å². The summed E-state index contributed by atoms with van der Waals surface area (Å²) in [7, 11) is 2.22. The lowest BCUT2D eigenvalue weighted by atomic mass is 9.99. The van der Waals surface area contributed by atoms with Crippen molar-refractivity contribution in [2.75, 3.05) is 13.6 Å². The summed E-state index contributed by atoms with van der Waals surface area (Å²) in [4.78, 5) is 2.44. The highest BCUT2D eigenvalue weighted by molar-refractivity contribution is 9.13. The van der Waals surface area contributed by atoms with Crippen LogP contribution in [-0.4, -0.2) is 30.6 Å². The average molecular weight is 376 g/mol. The molecule has 0 spiro atoms. The molecule has 1 aromatic rings. The second kappa shape index (κ2) is 6.51. The molecule has 18 heavy (non-hydrogen) atoms. The third-order valence-corrected chi connectivity index (χ3v) is 5.67. The zero-order valence-corrected chi connectivity index (χ0v) is 14.1. The standard InChI is InChI=1S/C14H20Br2N2/c1-10-7-12(5-6-18(10)2)17-9-11-3-4-13(15)14(16)8-11/h3-4,8,10,12,17H,5-7,9H2,1-2H3. The summed E-state index contributed by atoms with van der Waals surface area (Å²) in [5, 5.41) is 3.67. The number of halogens is 2. The molecule has 2 nitrogen and oxygen atoms in total. The van der Waals surface area contributed by atoms with Crippen LogP contribution in [0.2, 0.25) is 0 Å². The zero-order chi connectivity index (χ0) is 13.1. The number of benzene rings is 1. The second-order valence-electron chi connectivity index (χ2n) is 5.18. The van der Waals surface area contributed by atoms with Gasteiger partial charge in [0, 0.05) is 27.6 Å². The normalized spacial score (nSPS) is 25.3. The quantitative estimate of drug-likeness (QED) is 0.864. The minimum Gasteiger partial charge on any atom is -0.310 e. The van der Waals surface area contributed by atoms with Gasteiger partial charge in [-0.25, -0.2) is 0 Å². The van der Waals surface area contributed by atoms with E-state index in [9.17, 15) is 0 Å². The van der Waals surface area contributed by atoms with Crippen molar-refractivity contribution in [1.29, 1.82) is 0 Å². The van der Waals surface area contributed by atoms with E-state index in [1.165, 1.54) is 24.9 Å². The van der Waals surface area contributed by atoms with E-state index in [2.05, 4.69) is 74.2 Å². The van der Waals surface area contributed by atoms with Gasteiger partial charge in [-0.15, -0.1) is 0 Å². The van der Waals surface area contributed by atoms with Crippen molar-refractivity contribution in [2.24, 2.45) is 0 Å². The Kier molecular flexibility index (Phi) is 5.24. The number of rotatable bonds is 3. The van der Waals surface area contributed by atoms with Crippen LogP contribution >= 0.6 is 31.9 Å². The lowest BCUT2D eigenvalue weighted by molar-refractivity contribution is 0.168. The van der Waals surface area contributed by atoms with Crippen LogP contribution in [-0.2, 0) is 6.54 Å². The number of nitrogens with one attached hydrogen (secondary N) is 1. The molecule has 1 heterocycles. The third kappa shape index (κ3) is 3.80. The van der Waals surface area contributed by atoms with Crippen molar-refractivity contribution in [3.05, 3.63) is 32.7 Å². The Morgan fingerprint density at radius 1 is 1.33 bits per heavy atom. The molecule has 0 saturated carbocycles. The van der Waals surface area contributed by atoms with Gasteiger partial charge in [0.25, 0.3) is 0 Å². The van der Waals surface area contributed by atoms with Crippen LogP contribution < -0.4 is 5.32 Å². The van der Waals surface area contributed by atoms with Gasteiger partial charge in [-0.05, 0) is 82.9 Å². The molecule has 1 N–H and O–H groups in total. The smallest absolute Gasteiger partial charge is 0.0320 e. The first-order valence-corrected chi connectivity index (χ1v) is 8.02. The topological polar surface area (TPSA) is 15.3 Å². The summed E-state index contributed by atoms with van der Waals surface area (Å²) >= 11 is 7.05. The first-order valence-electron chi connectivity index (χ1n) is 6.44. The van der Waals surface area contributed by atoms with Crippen molar-refractivity contribution < 1.29 is 0 Å². The van der Waals surface area contributed by atoms with Crippen LogP contribution in [0.3, 0.4) is 0 Å². The van der Waals surface area contributed by atoms with Crippen LogP contribution in [0.15, 0.2) is 27.1 Å². The molecule has 2 atom stereocenters. The van der Waals surface area contributed by atoms with Gasteiger partial charge in [-0.2, -0.15) is 0 Å². The summed E-state index contributed by atoms with van der Waals surface area (Å²) in [5.74, 6) is 0. The van der Waals surface area contributed by atoms with E-state index in [1.54, 1.807) is 0 Å². The number of nitrogens with zero attached hydrogens (tertiary/aromatic N) is 1. The average Bonchev–Trinajstić information content (AvgIpc) is 2.35. The Morgan fingerprint density at radius 3 is 2.78 bits per heavy atom. The summed E-state index contributed by atoms with van der Waals surface area (Å²) in [6.45, 7) is 4.46. The van der Waals surface area contributed by atoms with Gasteiger partial charge in [-0.1, -0.05) is 6.07 Å². The first-order chi connectivity index (χ1) is 8.56. The largest absolute Gasteiger partial charge is 0.310 e. The van der Waals surface area contributed by atoms with Crippen molar-refractivity contribution >= 4 is 31.9 Å². The molecule has 4 heteroatoms. The molecular weight excluding hydrogens is 356 g/mol. The Hall–Kier alpha value is 0.1000. The van der Waals surface area contributed by atoms with Gasteiger partial charge < -0.3 is 10.2 Å². The molecule has 1 aromatic carbocycles. The van der Waals surface area contributed by atoms with Crippen molar-refractivity contribution in [2.45, 2.75) is 38.4 Å². The zero-order valence-electron chi connectivity index (χ0n) is 10.9. The number of hydrogen-bond acceptors (Lipinski definition) is 2. The van der Waals surface area contributed by atoms with Crippen LogP contribution in [0.4, 0.5) is 0 Å².